The van der Waals surface area contributed by atoms with Crippen LogP contribution in [0.4, 0.5) is 0 Å². The van der Waals surface area contributed by atoms with Gasteiger partial charge in [0.1, 0.15) is 0 Å². The Balaban J connectivity index is 1.86. The zero-order chi connectivity index (χ0) is 17.1. The van der Waals surface area contributed by atoms with Crippen molar-refractivity contribution < 1.29 is 9.31 Å². The summed E-state index contributed by atoms with van der Waals surface area (Å²) in [6, 6.07) is 13.5. The van der Waals surface area contributed by atoms with Gasteiger partial charge in [-0.2, -0.15) is 0 Å². The molecule has 24 heavy (non-hydrogen) atoms. The summed E-state index contributed by atoms with van der Waals surface area (Å²) in [4.78, 5) is 2.41. The first-order valence-corrected chi connectivity index (χ1v) is 8.87. The van der Waals surface area contributed by atoms with Crippen LogP contribution in [0.1, 0.15) is 45.7 Å². The van der Waals surface area contributed by atoms with E-state index in [1.165, 1.54) is 28.2 Å². The topological polar surface area (TPSA) is 21.7 Å². The Morgan fingerprint density at radius 3 is 2.25 bits per heavy atom. The summed E-state index contributed by atoms with van der Waals surface area (Å²) >= 11 is 0. The summed E-state index contributed by atoms with van der Waals surface area (Å²) in [6.45, 7) is 9.61. The molecule has 0 saturated carbocycles. The number of hydrogen-bond acceptors (Lipinski definition) is 3. The number of benzene rings is 2. The minimum atomic E-state index is -0.313. The molecule has 2 aromatic carbocycles. The van der Waals surface area contributed by atoms with Gasteiger partial charge in [-0.05, 0) is 63.0 Å². The van der Waals surface area contributed by atoms with E-state index in [1.54, 1.807) is 0 Å². The van der Waals surface area contributed by atoms with E-state index in [0.717, 1.165) is 6.54 Å². The van der Waals surface area contributed by atoms with Crippen LogP contribution < -0.4 is 5.46 Å². The monoisotopic (exact) mass is 323 g/mol. The van der Waals surface area contributed by atoms with E-state index in [2.05, 4.69) is 76.0 Å². The van der Waals surface area contributed by atoms with Gasteiger partial charge >= 0.3 is 7.12 Å². The molecule has 2 aromatic rings. The molecule has 2 saturated heterocycles. The SMILES string of the molecule is CN1CCC1c1c(B2OC(C)(C)C(C)(C)O2)ccc2ccccc12. The van der Waals surface area contributed by atoms with Crippen LogP contribution in [-0.2, 0) is 9.31 Å². The third kappa shape index (κ3) is 2.32. The minimum absolute atomic E-state index is 0.302. The third-order valence-corrected chi connectivity index (χ3v) is 6.13. The molecule has 0 spiro atoms. The van der Waals surface area contributed by atoms with Crippen molar-refractivity contribution in [3.05, 3.63) is 42.0 Å². The highest BCUT2D eigenvalue weighted by molar-refractivity contribution is 6.63. The van der Waals surface area contributed by atoms with Gasteiger partial charge in [-0.15, -0.1) is 0 Å². The van der Waals surface area contributed by atoms with E-state index in [1.807, 2.05) is 0 Å². The predicted molar refractivity (Wildman–Crippen MR) is 99.7 cm³/mol. The highest BCUT2D eigenvalue weighted by Crippen LogP contribution is 2.39. The molecule has 0 N–H and O–H groups in total. The summed E-state index contributed by atoms with van der Waals surface area (Å²) < 4.78 is 12.7. The Bertz CT molecular complexity index is 770. The smallest absolute Gasteiger partial charge is 0.399 e. The van der Waals surface area contributed by atoms with Gasteiger partial charge in [0, 0.05) is 12.6 Å². The quantitative estimate of drug-likeness (QED) is 0.790. The Morgan fingerprint density at radius 2 is 1.67 bits per heavy atom. The molecule has 0 bridgehead atoms. The zero-order valence-electron chi connectivity index (χ0n) is 15.3. The minimum Gasteiger partial charge on any atom is -0.399 e. The number of hydrogen-bond donors (Lipinski definition) is 0. The first-order valence-electron chi connectivity index (χ1n) is 8.87. The highest BCUT2D eigenvalue weighted by atomic mass is 16.7. The Kier molecular flexibility index (Phi) is 3.58. The van der Waals surface area contributed by atoms with Crippen molar-refractivity contribution in [3.8, 4) is 0 Å². The molecule has 2 aliphatic rings. The molecule has 126 valence electrons. The van der Waals surface area contributed by atoms with Crippen molar-refractivity contribution in [2.24, 2.45) is 0 Å². The molecular weight excluding hydrogens is 297 g/mol. The van der Waals surface area contributed by atoms with Gasteiger partial charge in [-0.1, -0.05) is 36.4 Å². The predicted octanol–water partition coefficient (Wildman–Crippen LogP) is 3.52. The van der Waals surface area contributed by atoms with Crippen LogP contribution >= 0.6 is 0 Å². The fraction of sp³-hybridized carbons (Fsp3) is 0.500. The lowest BCUT2D eigenvalue weighted by molar-refractivity contribution is 0.00578. The van der Waals surface area contributed by atoms with Crippen LogP contribution in [0.15, 0.2) is 36.4 Å². The number of fused-ring (bicyclic) bond motifs is 1. The second kappa shape index (κ2) is 5.32. The van der Waals surface area contributed by atoms with E-state index in [0.29, 0.717) is 6.04 Å². The van der Waals surface area contributed by atoms with E-state index in [9.17, 15) is 0 Å². The average Bonchev–Trinajstić information content (AvgIpc) is 2.74. The van der Waals surface area contributed by atoms with Crippen LogP contribution in [-0.4, -0.2) is 36.8 Å². The van der Waals surface area contributed by atoms with E-state index in [-0.39, 0.29) is 18.3 Å². The van der Waals surface area contributed by atoms with Crippen LogP contribution in [0.5, 0.6) is 0 Å². The molecule has 3 nitrogen and oxygen atoms in total. The molecule has 0 aromatic heterocycles. The summed E-state index contributed by atoms with van der Waals surface area (Å²) in [5.41, 5.74) is 1.93. The van der Waals surface area contributed by atoms with Gasteiger partial charge in [0.25, 0.3) is 0 Å². The molecular formula is C20H26BNO2. The van der Waals surface area contributed by atoms with Crippen LogP contribution in [0.25, 0.3) is 10.8 Å². The molecule has 1 unspecified atom stereocenters. The van der Waals surface area contributed by atoms with Gasteiger partial charge in [-0.25, -0.2) is 0 Å². The molecule has 4 rings (SSSR count). The van der Waals surface area contributed by atoms with Crippen molar-refractivity contribution >= 4 is 23.4 Å². The Labute approximate surface area is 145 Å². The maximum atomic E-state index is 6.35. The largest absolute Gasteiger partial charge is 0.495 e. The fourth-order valence-corrected chi connectivity index (χ4v) is 3.74. The highest BCUT2D eigenvalue weighted by Gasteiger charge is 2.52. The lowest BCUT2D eigenvalue weighted by Gasteiger charge is -2.40. The van der Waals surface area contributed by atoms with Crippen LogP contribution in [0.2, 0.25) is 0 Å². The lowest BCUT2D eigenvalue weighted by Crippen LogP contribution is -2.44. The molecule has 0 aliphatic carbocycles. The standard InChI is InChI=1S/C20H26BNO2/c1-19(2)20(3,4)24-21(23-19)16-11-10-14-8-6-7-9-15(14)18(16)17-12-13-22(17)5/h6-11,17H,12-13H2,1-5H3. The molecule has 2 aliphatic heterocycles. The molecule has 2 heterocycles. The normalized spacial score (nSPS) is 25.9. The van der Waals surface area contributed by atoms with Crippen molar-refractivity contribution in [2.45, 2.75) is 51.4 Å². The lowest BCUT2D eigenvalue weighted by atomic mass is 9.71. The average molecular weight is 323 g/mol. The van der Waals surface area contributed by atoms with E-state index in [4.69, 9.17) is 9.31 Å². The van der Waals surface area contributed by atoms with Crippen LogP contribution in [0, 0.1) is 0 Å². The van der Waals surface area contributed by atoms with Crippen molar-refractivity contribution in [1.82, 2.24) is 4.90 Å². The maximum absolute atomic E-state index is 6.35. The third-order valence-electron chi connectivity index (χ3n) is 6.13. The molecule has 4 heteroatoms. The number of nitrogens with zero attached hydrogens (tertiary/aromatic N) is 1. The molecule has 1 atom stereocenters. The van der Waals surface area contributed by atoms with Gasteiger partial charge < -0.3 is 9.31 Å². The van der Waals surface area contributed by atoms with Crippen molar-refractivity contribution in [1.29, 1.82) is 0 Å². The molecule has 0 radical (unpaired) electrons. The van der Waals surface area contributed by atoms with Gasteiger partial charge in [0.05, 0.1) is 11.2 Å². The fourth-order valence-electron chi connectivity index (χ4n) is 3.74. The van der Waals surface area contributed by atoms with E-state index >= 15 is 0 Å². The Hall–Kier alpha value is -1.36. The first-order chi connectivity index (χ1) is 11.3. The van der Waals surface area contributed by atoms with Gasteiger partial charge in [0.15, 0.2) is 0 Å². The second-order valence-corrected chi connectivity index (χ2v) is 8.16. The maximum Gasteiger partial charge on any atom is 0.495 e. The summed E-state index contributed by atoms with van der Waals surface area (Å²) in [5, 5.41) is 2.61. The van der Waals surface area contributed by atoms with Crippen molar-refractivity contribution in [3.63, 3.8) is 0 Å². The van der Waals surface area contributed by atoms with Gasteiger partial charge in [0.2, 0.25) is 0 Å². The first kappa shape index (κ1) is 16.1. The van der Waals surface area contributed by atoms with Crippen LogP contribution in [0.3, 0.4) is 0 Å². The van der Waals surface area contributed by atoms with Crippen molar-refractivity contribution in [2.75, 3.05) is 13.6 Å². The molecule has 2 fully saturated rings. The Morgan fingerprint density at radius 1 is 1.00 bits per heavy atom. The number of likely N-dealkylation sites (tertiary alicyclic amines) is 1. The molecule has 0 amide bonds. The van der Waals surface area contributed by atoms with E-state index < -0.39 is 0 Å². The second-order valence-electron chi connectivity index (χ2n) is 8.16. The summed E-state index contributed by atoms with van der Waals surface area (Å²) in [6.07, 6.45) is 1.19. The summed E-state index contributed by atoms with van der Waals surface area (Å²) in [7, 11) is 1.90. The van der Waals surface area contributed by atoms with Gasteiger partial charge in [-0.3, -0.25) is 4.90 Å². The summed E-state index contributed by atoms with van der Waals surface area (Å²) in [5.74, 6) is 0. The zero-order valence-corrected chi connectivity index (χ0v) is 15.3. The number of rotatable bonds is 2.